The SMILES string of the molecule is COC(=O)C1CC2(CCC(CNC(=O)COc3cccc4cccnc34)OC2)C1. The zero-order valence-corrected chi connectivity index (χ0v) is 16.6. The van der Waals surface area contributed by atoms with Crippen molar-refractivity contribution >= 4 is 22.8 Å². The fourth-order valence-electron chi connectivity index (χ4n) is 4.33. The second-order valence-corrected chi connectivity index (χ2v) is 8.02. The number of hydrogen-bond acceptors (Lipinski definition) is 6. The highest BCUT2D eigenvalue weighted by atomic mass is 16.5. The van der Waals surface area contributed by atoms with Crippen LogP contribution in [0.15, 0.2) is 36.5 Å². The van der Waals surface area contributed by atoms with E-state index in [2.05, 4.69) is 10.3 Å². The number of aromatic nitrogens is 1. The molecule has 7 heteroatoms. The van der Waals surface area contributed by atoms with Gasteiger partial charge in [-0.25, -0.2) is 0 Å². The van der Waals surface area contributed by atoms with E-state index in [1.54, 1.807) is 6.20 Å². The second-order valence-electron chi connectivity index (χ2n) is 8.02. The van der Waals surface area contributed by atoms with Gasteiger partial charge in [0.25, 0.3) is 5.91 Å². The first kappa shape index (κ1) is 19.6. The maximum absolute atomic E-state index is 12.2. The largest absolute Gasteiger partial charge is 0.481 e. The Morgan fingerprint density at radius 2 is 2.10 bits per heavy atom. The third-order valence-corrected chi connectivity index (χ3v) is 6.00. The predicted molar refractivity (Wildman–Crippen MR) is 106 cm³/mol. The number of fused-ring (bicyclic) bond motifs is 1. The number of carbonyl (C=O) groups excluding carboxylic acids is 2. The normalized spacial score (nSPS) is 26.0. The van der Waals surface area contributed by atoms with E-state index in [4.69, 9.17) is 14.2 Å². The highest BCUT2D eigenvalue weighted by Crippen LogP contribution is 2.51. The molecule has 1 spiro atoms. The van der Waals surface area contributed by atoms with E-state index >= 15 is 0 Å². The van der Waals surface area contributed by atoms with Gasteiger partial charge in [0.2, 0.25) is 0 Å². The van der Waals surface area contributed by atoms with E-state index in [1.807, 2.05) is 30.3 Å². The zero-order valence-electron chi connectivity index (χ0n) is 16.6. The first-order chi connectivity index (χ1) is 14.1. The Hall–Kier alpha value is -2.67. The van der Waals surface area contributed by atoms with Crippen molar-refractivity contribution in [1.82, 2.24) is 10.3 Å². The third kappa shape index (κ3) is 4.34. The first-order valence-electron chi connectivity index (χ1n) is 10.0. The van der Waals surface area contributed by atoms with Crippen molar-refractivity contribution in [3.05, 3.63) is 36.5 Å². The summed E-state index contributed by atoms with van der Waals surface area (Å²) in [5.74, 6) is 0.308. The van der Waals surface area contributed by atoms with Crippen LogP contribution in [0.5, 0.6) is 5.75 Å². The van der Waals surface area contributed by atoms with E-state index in [1.165, 1.54) is 7.11 Å². The van der Waals surface area contributed by atoms with Crippen LogP contribution in [0.3, 0.4) is 0 Å². The minimum absolute atomic E-state index is 0.000902. The molecule has 1 amide bonds. The van der Waals surface area contributed by atoms with E-state index < -0.39 is 0 Å². The lowest BCUT2D eigenvalue weighted by Gasteiger charge is -2.50. The van der Waals surface area contributed by atoms with Gasteiger partial charge in [-0.05, 0) is 43.2 Å². The van der Waals surface area contributed by atoms with Gasteiger partial charge < -0.3 is 19.5 Å². The molecule has 1 atom stereocenters. The summed E-state index contributed by atoms with van der Waals surface area (Å²) in [5.41, 5.74) is 0.860. The molecule has 1 N–H and O–H groups in total. The van der Waals surface area contributed by atoms with Gasteiger partial charge >= 0.3 is 5.97 Å². The van der Waals surface area contributed by atoms with E-state index in [0.717, 1.165) is 36.6 Å². The topological polar surface area (TPSA) is 86.8 Å². The van der Waals surface area contributed by atoms with Crippen molar-refractivity contribution in [3.8, 4) is 5.75 Å². The van der Waals surface area contributed by atoms with Crippen molar-refractivity contribution in [2.24, 2.45) is 11.3 Å². The summed E-state index contributed by atoms with van der Waals surface area (Å²) in [7, 11) is 1.43. The number of benzene rings is 1. The Bertz CT molecular complexity index is 878. The molecule has 0 bridgehead atoms. The van der Waals surface area contributed by atoms with Gasteiger partial charge in [-0.3, -0.25) is 14.6 Å². The van der Waals surface area contributed by atoms with Gasteiger partial charge in [-0.15, -0.1) is 0 Å². The molecule has 1 saturated carbocycles. The molecule has 1 aromatic heterocycles. The number of pyridine rings is 1. The Morgan fingerprint density at radius 3 is 2.86 bits per heavy atom. The quantitative estimate of drug-likeness (QED) is 0.753. The van der Waals surface area contributed by atoms with Crippen LogP contribution in [-0.4, -0.2) is 49.8 Å². The van der Waals surface area contributed by atoms with E-state index in [9.17, 15) is 9.59 Å². The van der Waals surface area contributed by atoms with Crippen LogP contribution >= 0.6 is 0 Å². The molecule has 1 unspecified atom stereocenters. The second kappa shape index (κ2) is 8.37. The van der Waals surface area contributed by atoms with Crippen LogP contribution in [0.2, 0.25) is 0 Å². The Morgan fingerprint density at radius 1 is 1.28 bits per heavy atom. The van der Waals surface area contributed by atoms with E-state index in [-0.39, 0.29) is 35.9 Å². The summed E-state index contributed by atoms with van der Waals surface area (Å²) >= 11 is 0. The molecule has 2 fully saturated rings. The summed E-state index contributed by atoms with van der Waals surface area (Å²) < 4.78 is 16.4. The number of nitrogens with one attached hydrogen (secondary N) is 1. The van der Waals surface area contributed by atoms with E-state index in [0.29, 0.717) is 18.9 Å². The Balaban J connectivity index is 1.19. The van der Waals surface area contributed by atoms with Crippen molar-refractivity contribution in [2.45, 2.75) is 31.8 Å². The maximum Gasteiger partial charge on any atom is 0.308 e. The van der Waals surface area contributed by atoms with Crippen LogP contribution in [-0.2, 0) is 19.1 Å². The highest BCUT2D eigenvalue weighted by Gasteiger charge is 2.49. The molecule has 1 aromatic carbocycles. The standard InChI is InChI=1S/C22H26N2O5/c1-27-21(26)16-10-22(11-16)8-7-17(29-14-22)12-24-19(25)13-28-18-6-2-4-15-5-3-9-23-20(15)18/h2-6,9,16-17H,7-8,10-14H2,1H3,(H,24,25). The van der Waals surface area contributed by atoms with Gasteiger partial charge in [-0.2, -0.15) is 0 Å². The van der Waals surface area contributed by atoms with Crippen LogP contribution in [0.1, 0.15) is 25.7 Å². The number of esters is 1. The van der Waals surface area contributed by atoms with Gasteiger partial charge in [0, 0.05) is 18.1 Å². The predicted octanol–water partition coefficient (Wildman–Crippen LogP) is 2.48. The van der Waals surface area contributed by atoms with Gasteiger partial charge in [0.15, 0.2) is 6.61 Å². The van der Waals surface area contributed by atoms with Crippen molar-refractivity contribution in [2.75, 3.05) is 26.9 Å². The molecule has 2 aromatic rings. The molecule has 1 saturated heterocycles. The molecular formula is C22H26N2O5. The lowest BCUT2D eigenvalue weighted by molar-refractivity contribution is -0.165. The van der Waals surface area contributed by atoms with Gasteiger partial charge in [-0.1, -0.05) is 18.2 Å². The molecule has 4 rings (SSSR count). The monoisotopic (exact) mass is 398 g/mol. The summed E-state index contributed by atoms with van der Waals surface area (Å²) in [6.07, 6.45) is 5.28. The summed E-state index contributed by atoms with van der Waals surface area (Å²) in [5, 5.41) is 3.86. The fraction of sp³-hybridized carbons (Fsp3) is 0.500. The molecule has 1 aliphatic heterocycles. The van der Waals surface area contributed by atoms with Crippen molar-refractivity contribution in [3.63, 3.8) is 0 Å². The number of amides is 1. The third-order valence-electron chi connectivity index (χ3n) is 6.00. The molecule has 2 heterocycles. The number of methoxy groups -OCH3 is 1. The molecular weight excluding hydrogens is 372 g/mol. The number of hydrogen-bond donors (Lipinski definition) is 1. The van der Waals surface area contributed by atoms with Gasteiger partial charge in [0.1, 0.15) is 11.3 Å². The fourth-order valence-corrected chi connectivity index (χ4v) is 4.33. The van der Waals surface area contributed by atoms with Crippen LogP contribution in [0.25, 0.3) is 10.9 Å². The minimum Gasteiger partial charge on any atom is -0.481 e. The van der Waals surface area contributed by atoms with Crippen LogP contribution in [0, 0.1) is 11.3 Å². The summed E-state index contributed by atoms with van der Waals surface area (Å²) in [4.78, 5) is 28.1. The molecule has 2 aliphatic rings. The number of para-hydroxylation sites is 1. The Labute approximate surface area is 169 Å². The smallest absolute Gasteiger partial charge is 0.308 e. The lowest BCUT2D eigenvalue weighted by atomic mass is 9.59. The molecule has 7 nitrogen and oxygen atoms in total. The van der Waals surface area contributed by atoms with Gasteiger partial charge in [0.05, 0.1) is 25.7 Å². The minimum atomic E-state index is -0.184. The van der Waals surface area contributed by atoms with Crippen LogP contribution in [0.4, 0.5) is 0 Å². The number of rotatable bonds is 6. The number of ether oxygens (including phenoxy) is 3. The zero-order chi connectivity index (χ0) is 20.3. The number of carbonyl (C=O) groups is 2. The summed E-state index contributed by atoms with van der Waals surface area (Å²) in [6.45, 7) is 1.04. The molecule has 0 radical (unpaired) electrons. The van der Waals surface area contributed by atoms with Crippen LogP contribution < -0.4 is 10.1 Å². The summed E-state index contributed by atoms with van der Waals surface area (Å²) in [6, 6.07) is 9.48. The maximum atomic E-state index is 12.2. The Kier molecular flexibility index (Phi) is 5.67. The average Bonchev–Trinajstić information content (AvgIpc) is 2.74. The molecule has 1 aliphatic carbocycles. The molecule has 154 valence electrons. The number of nitrogens with zero attached hydrogens (tertiary/aromatic N) is 1. The van der Waals surface area contributed by atoms with Crippen molar-refractivity contribution in [1.29, 1.82) is 0 Å². The highest BCUT2D eigenvalue weighted by molar-refractivity contribution is 5.85. The van der Waals surface area contributed by atoms with Crippen molar-refractivity contribution < 1.29 is 23.8 Å². The first-order valence-corrected chi connectivity index (χ1v) is 10.0. The lowest BCUT2D eigenvalue weighted by Crippen LogP contribution is -2.50. The average molecular weight is 398 g/mol. The molecule has 29 heavy (non-hydrogen) atoms.